The molecule has 0 bridgehead atoms. The van der Waals surface area contributed by atoms with E-state index in [2.05, 4.69) is 47.0 Å². The zero-order chi connectivity index (χ0) is 28.3. The number of aromatic amines is 1. The number of piperazine rings is 1. The molecule has 5 rings (SSSR count). The lowest BCUT2D eigenvalue weighted by molar-refractivity contribution is 0.0976. The molecule has 1 saturated heterocycles. The van der Waals surface area contributed by atoms with Crippen LogP contribution >= 0.6 is 12.4 Å². The van der Waals surface area contributed by atoms with E-state index < -0.39 is 5.91 Å². The molecule has 41 heavy (non-hydrogen) atoms. The maximum Gasteiger partial charge on any atom is 0.284 e. The van der Waals surface area contributed by atoms with E-state index in [0.29, 0.717) is 11.1 Å². The number of amides is 1. The van der Waals surface area contributed by atoms with Crippen molar-refractivity contribution in [3.8, 4) is 6.07 Å². The van der Waals surface area contributed by atoms with Crippen LogP contribution < -0.4 is 10.6 Å². The number of aryl methyl sites for hydroxylation is 1. The normalized spacial score (nSPS) is 13.4. The maximum absolute atomic E-state index is 11.4. The van der Waals surface area contributed by atoms with Crippen molar-refractivity contribution in [1.29, 1.82) is 5.26 Å². The van der Waals surface area contributed by atoms with Crippen molar-refractivity contribution in [2.24, 2.45) is 5.73 Å². The Labute approximate surface area is 250 Å². The van der Waals surface area contributed by atoms with E-state index in [0.717, 1.165) is 68.6 Å². The number of anilines is 1. The number of nitrogens with zero attached hydrogens (tertiary/aromatic N) is 3. The summed E-state index contributed by atoms with van der Waals surface area (Å²) in [6, 6.07) is 15.8. The molecule has 0 atom stereocenters. The number of hydrogen-bond acceptors (Lipinski definition) is 5. The molecule has 8 heteroatoms. The second kappa shape index (κ2) is 16.1. The summed E-state index contributed by atoms with van der Waals surface area (Å²) in [5.74, 6) is -0.344. The highest BCUT2D eigenvalue weighted by molar-refractivity contribution is 5.95. The van der Waals surface area contributed by atoms with E-state index in [4.69, 9.17) is 15.4 Å². The zero-order valence-electron chi connectivity index (χ0n) is 24.5. The number of primary amides is 1. The number of aromatic nitrogens is 1. The van der Waals surface area contributed by atoms with Crippen molar-refractivity contribution in [2.45, 2.75) is 65.2 Å². The van der Waals surface area contributed by atoms with Crippen LogP contribution in [0.5, 0.6) is 0 Å². The van der Waals surface area contributed by atoms with E-state index in [1.807, 2.05) is 30.3 Å². The minimum absolute atomic E-state index is 0. The lowest BCUT2D eigenvalue weighted by Gasteiger charge is -2.36. The third kappa shape index (κ3) is 8.76. The average Bonchev–Trinajstić information content (AvgIpc) is 3.60. The van der Waals surface area contributed by atoms with Gasteiger partial charge in [0, 0.05) is 54.4 Å². The highest BCUT2D eigenvalue weighted by Crippen LogP contribution is 2.26. The molecule has 1 fully saturated rings. The van der Waals surface area contributed by atoms with Crippen molar-refractivity contribution >= 4 is 45.9 Å². The number of fused-ring (bicyclic) bond motifs is 2. The van der Waals surface area contributed by atoms with Gasteiger partial charge < -0.3 is 20.0 Å². The lowest BCUT2D eigenvalue weighted by Crippen LogP contribution is -2.46. The Balaban J connectivity index is 0.000000516. The van der Waals surface area contributed by atoms with Gasteiger partial charge in [0.1, 0.15) is 5.58 Å². The Morgan fingerprint density at radius 3 is 2.41 bits per heavy atom. The first-order chi connectivity index (χ1) is 19.5. The van der Waals surface area contributed by atoms with Gasteiger partial charge in [-0.1, -0.05) is 46.0 Å². The van der Waals surface area contributed by atoms with Gasteiger partial charge in [-0.05, 0) is 73.8 Å². The molecule has 7 nitrogen and oxygen atoms in total. The Kier molecular flexibility index (Phi) is 12.6. The number of benzene rings is 2. The molecule has 1 aliphatic heterocycles. The van der Waals surface area contributed by atoms with Gasteiger partial charge in [-0.2, -0.15) is 5.26 Å². The number of nitriles is 1. The summed E-state index contributed by atoms with van der Waals surface area (Å²) in [6.07, 6.45) is 12.4. The summed E-state index contributed by atoms with van der Waals surface area (Å²) in [4.78, 5) is 19.6. The van der Waals surface area contributed by atoms with Gasteiger partial charge in [-0.15, -0.1) is 12.4 Å². The number of unbranched alkanes of at least 4 members (excludes halogenated alkanes) is 5. The van der Waals surface area contributed by atoms with Crippen molar-refractivity contribution in [2.75, 3.05) is 37.6 Å². The minimum Gasteiger partial charge on any atom is -0.451 e. The van der Waals surface area contributed by atoms with Gasteiger partial charge in [0.05, 0.1) is 11.6 Å². The maximum atomic E-state index is 11.4. The number of nitrogens with one attached hydrogen (secondary N) is 1. The van der Waals surface area contributed by atoms with E-state index in [9.17, 15) is 4.79 Å². The predicted octanol–water partition coefficient (Wildman–Crippen LogP) is 7.43. The fourth-order valence-electron chi connectivity index (χ4n) is 5.36. The van der Waals surface area contributed by atoms with Crippen LogP contribution in [0.15, 0.2) is 53.1 Å². The molecular weight excluding hydrogens is 534 g/mol. The Bertz CT molecular complexity index is 1420. The van der Waals surface area contributed by atoms with Crippen LogP contribution in [0.25, 0.3) is 21.9 Å². The van der Waals surface area contributed by atoms with E-state index >= 15 is 0 Å². The molecule has 220 valence electrons. The molecule has 1 amide bonds. The number of rotatable bonds is 11. The molecule has 4 aromatic rings. The molecule has 3 heterocycles. The summed E-state index contributed by atoms with van der Waals surface area (Å²) < 4.78 is 5.49. The van der Waals surface area contributed by atoms with Crippen LogP contribution in [0.2, 0.25) is 0 Å². The first kappa shape index (κ1) is 32.0. The average molecular weight is 578 g/mol. The van der Waals surface area contributed by atoms with Gasteiger partial charge in [0.25, 0.3) is 5.91 Å². The van der Waals surface area contributed by atoms with Gasteiger partial charge in [0.15, 0.2) is 5.76 Å². The molecule has 0 aliphatic carbocycles. The van der Waals surface area contributed by atoms with Crippen molar-refractivity contribution < 1.29 is 9.21 Å². The fourth-order valence-corrected chi connectivity index (χ4v) is 5.36. The first-order valence-corrected chi connectivity index (χ1v) is 14.8. The fraction of sp³-hybridized carbons (Fsp3) is 0.455. The number of carbonyl (C=O) groups is 1. The molecule has 2 aromatic carbocycles. The molecule has 3 N–H and O–H groups in total. The molecule has 1 aliphatic rings. The van der Waals surface area contributed by atoms with Gasteiger partial charge in [-0.3, -0.25) is 9.69 Å². The highest BCUT2D eigenvalue weighted by Gasteiger charge is 2.18. The lowest BCUT2D eigenvalue weighted by atomic mass is 10.1. The summed E-state index contributed by atoms with van der Waals surface area (Å²) in [6.45, 7) is 9.62. The molecule has 0 unspecified atom stereocenters. The second-order valence-corrected chi connectivity index (χ2v) is 10.7. The molecule has 0 radical (unpaired) electrons. The third-order valence-electron chi connectivity index (χ3n) is 7.75. The Morgan fingerprint density at radius 1 is 0.976 bits per heavy atom. The van der Waals surface area contributed by atoms with Crippen LogP contribution in [0.3, 0.4) is 0 Å². The van der Waals surface area contributed by atoms with E-state index in [1.165, 1.54) is 43.1 Å². The molecule has 2 aromatic heterocycles. The number of hydrogen-bond donors (Lipinski definition) is 2. The molecular formula is C33H44ClN5O2. The topological polar surface area (TPSA) is 102 Å². The number of halogens is 1. The summed E-state index contributed by atoms with van der Waals surface area (Å²) in [5, 5.41) is 11.2. The monoisotopic (exact) mass is 577 g/mol. The standard InChI is InChI=1S/C26H27N5O2.C7H16.ClH/c27-16-18-4-6-23-22(13-18)19(17-29-23)3-1-2-8-30-9-11-31(12-10-30)21-5-7-24-20(14-21)15-25(33-24)26(28)32;1-3-5-7-6-4-2;/h4-7,13-15,17,29H,1-3,8-12H2,(H2,28,32);3-7H2,1-2H3;1H. The Morgan fingerprint density at radius 2 is 1.73 bits per heavy atom. The minimum atomic E-state index is -0.544. The van der Waals surface area contributed by atoms with Crippen LogP contribution in [0, 0.1) is 11.3 Å². The third-order valence-corrected chi connectivity index (χ3v) is 7.75. The van der Waals surface area contributed by atoms with Gasteiger partial charge >= 0.3 is 0 Å². The predicted molar refractivity (Wildman–Crippen MR) is 171 cm³/mol. The van der Waals surface area contributed by atoms with Crippen LogP contribution in [-0.2, 0) is 6.42 Å². The summed E-state index contributed by atoms with van der Waals surface area (Å²) in [7, 11) is 0. The van der Waals surface area contributed by atoms with Crippen LogP contribution in [0.1, 0.15) is 80.5 Å². The second-order valence-electron chi connectivity index (χ2n) is 10.7. The van der Waals surface area contributed by atoms with Gasteiger partial charge in [-0.25, -0.2) is 0 Å². The van der Waals surface area contributed by atoms with E-state index in [1.54, 1.807) is 6.07 Å². The number of H-pyrrole nitrogens is 1. The van der Waals surface area contributed by atoms with Crippen LogP contribution in [0.4, 0.5) is 5.69 Å². The Hall–Kier alpha value is -3.47. The number of nitrogens with two attached hydrogens (primary N) is 1. The molecule has 0 spiro atoms. The highest BCUT2D eigenvalue weighted by atomic mass is 35.5. The number of carbonyl (C=O) groups excluding carboxylic acids is 1. The summed E-state index contributed by atoms with van der Waals surface area (Å²) >= 11 is 0. The first-order valence-electron chi connectivity index (χ1n) is 14.8. The van der Waals surface area contributed by atoms with Crippen molar-refractivity contribution in [3.05, 3.63) is 65.5 Å². The quantitative estimate of drug-likeness (QED) is 0.180. The van der Waals surface area contributed by atoms with E-state index in [-0.39, 0.29) is 18.2 Å². The largest absolute Gasteiger partial charge is 0.451 e. The SMILES string of the molecule is CCCCCCC.Cl.N#Cc1ccc2[nH]cc(CCCCN3CCN(c4ccc5oc(C(N)=O)cc5c4)CC3)c2c1. The van der Waals surface area contributed by atoms with Crippen molar-refractivity contribution in [3.63, 3.8) is 0 Å². The zero-order valence-corrected chi connectivity index (χ0v) is 25.3. The van der Waals surface area contributed by atoms with Crippen molar-refractivity contribution in [1.82, 2.24) is 9.88 Å². The number of furan rings is 1. The molecule has 0 saturated carbocycles. The van der Waals surface area contributed by atoms with Gasteiger partial charge in [0.2, 0.25) is 0 Å². The summed E-state index contributed by atoms with van der Waals surface area (Å²) in [5.41, 5.74) is 10.3. The smallest absolute Gasteiger partial charge is 0.284 e. The van der Waals surface area contributed by atoms with Crippen LogP contribution in [-0.4, -0.2) is 48.5 Å².